The van der Waals surface area contributed by atoms with Gasteiger partial charge in [0.15, 0.2) is 0 Å². The summed E-state index contributed by atoms with van der Waals surface area (Å²) in [5.41, 5.74) is 0.0722. The van der Waals surface area contributed by atoms with E-state index < -0.39 is 5.54 Å². The number of benzene rings is 1. The molecule has 2 fully saturated rings. The normalized spacial score (nSPS) is 19.6. The molecule has 0 aromatic heterocycles. The molecule has 0 unspecified atom stereocenters. The third-order valence-corrected chi connectivity index (χ3v) is 6.38. The van der Waals surface area contributed by atoms with E-state index in [2.05, 4.69) is 18.7 Å². The molecular formula is C23H35N3O4. The van der Waals surface area contributed by atoms with Crippen molar-refractivity contribution in [1.29, 1.82) is 0 Å². The maximum absolute atomic E-state index is 13.4. The average Bonchev–Trinajstić information content (AvgIpc) is 2.90. The van der Waals surface area contributed by atoms with E-state index in [1.54, 1.807) is 19.2 Å². The molecular weight excluding hydrogens is 382 g/mol. The van der Waals surface area contributed by atoms with Crippen molar-refractivity contribution in [3.8, 4) is 11.5 Å². The van der Waals surface area contributed by atoms with Crippen LogP contribution in [-0.2, 0) is 11.3 Å². The van der Waals surface area contributed by atoms with Gasteiger partial charge in [0.05, 0.1) is 7.11 Å². The zero-order valence-corrected chi connectivity index (χ0v) is 18.9. The SMILES string of the molecule is COc1ccc(O)c(CN2CCC3(CC2)C(=O)N(C(C)C)C(=O)N3CCC(C)C)c1. The van der Waals surface area contributed by atoms with Crippen LogP contribution < -0.4 is 4.74 Å². The first-order valence-electron chi connectivity index (χ1n) is 10.9. The summed E-state index contributed by atoms with van der Waals surface area (Å²) >= 11 is 0. The largest absolute Gasteiger partial charge is 0.508 e. The van der Waals surface area contributed by atoms with Crippen LogP contribution >= 0.6 is 0 Å². The first-order chi connectivity index (χ1) is 14.2. The summed E-state index contributed by atoms with van der Waals surface area (Å²) in [7, 11) is 1.61. The molecule has 7 nitrogen and oxygen atoms in total. The molecule has 1 N–H and O–H groups in total. The summed E-state index contributed by atoms with van der Waals surface area (Å²) in [6.07, 6.45) is 2.11. The van der Waals surface area contributed by atoms with Gasteiger partial charge in [0.25, 0.3) is 5.91 Å². The Hall–Kier alpha value is -2.28. The smallest absolute Gasteiger partial charge is 0.327 e. The van der Waals surface area contributed by atoms with Gasteiger partial charge in [0.1, 0.15) is 17.0 Å². The van der Waals surface area contributed by atoms with Gasteiger partial charge in [-0.05, 0) is 57.2 Å². The summed E-state index contributed by atoms with van der Waals surface area (Å²) in [5.74, 6) is 1.37. The molecule has 166 valence electrons. The quantitative estimate of drug-likeness (QED) is 0.688. The van der Waals surface area contributed by atoms with Crippen LogP contribution in [0.1, 0.15) is 52.5 Å². The zero-order valence-electron chi connectivity index (χ0n) is 18.9. The lowest BCUT2D eigenvalue weighted by atomic mass is 9.85. The number of urea groups is 1. The predicted octanol–water partition coefficient (Wildman–Crippen LogP) is 3.45. The fourth-order valence-electron chi connectivity index (χ4n) is 4.51. The van der Waals surface area contributed by atoms with E-state index >= 15 is 0 Å². The Morgan fingerprint density at radius 1 is 1.13 bits per heavy atom. The Morgan fingerprint density at radius 2 is 1.80 bits per heavy atom. The van der Waals surface area contributed by atoms with Crippen LogP contribution in [0.2, 0.25) is 0 Å². The molecule has 3 amide bonds. The number of hydrogen-bond acceptors (Lipinski definition) is 5. The lowest BCUT2D eigenvalue weighted by Gasteiger charge is -2.42. The Kier molecular flexibility index (Phi) is 6.60. The van der Waals surface area contributed by atoms with Crippen LogP contribution in [0, 0.1) is 5.92 Å². The van der Waals surface area contributed by atoms with Crippen molar-refractivity contribution in [3.63, 3.8) is 0 Å². The van der Waals surface area contributed by atoms with Crippen molar-refractivity contribution in [2.45, 2.75) is 65.1 Å². The van der Waals surface area contributed by atoms with Gasteiger partial charge in [-0.15, -0.1) is 0 Å². The molecule has 2 aliphatic rings. The molecule has 3 rings (SSSR count). The molecule has 30 heavy (non-hydrogen) atoms. The van der Waals surface area contributed by atoms with Gasteiger partial charge < -0.3 is 14.7 Å². The second-order valence-corrected chi connectivity index (χ2v) is 9.19. The van der Waals surface area contributed by atoms with Crippen LogP contribution in [0.15, 0.2) is 18.2 Å². The summed E-state index contributed by atoms with van der Waals surface area (Å²) in [5, 5.41) is 10.2. The molecule has 7 heteroatoms. The van der Waals surface area contributed by atoms with Gasteiger partial charge in [0.2, 0.25) is 0 Å². The number of amides is 3. The van der Waals surface area contributed by atoms with E-state index in [9.17, 15) is 14.7 Å². The molecule has 0 atom stereocenters. The van der Waals surface area contributed by atoms with E-state index in [1.807, 2.05) is 24.8 Å². The second kappa shape index (κ2) is 8.84. The van der Waals surface area contributed by atoms with Gasteiger partial charge in [-0.25, -0.2) is 4.79 Å². The van der Waals surface area contributed by atoms with E-state index in [4.69, 9.17) is 4.74 Å². The van der Waals surface area contributed by atoms with Crippen molar-refractivity contribution in [1.82, 2.24) is 14.7 Å². The summed E-state index contributed by atoms with van der Waals surface area (Å²) in [6.45, 7) is 10.7. The summed E-state index contributed by atoms with van der Waals surface area (Å²) in [6, 6.07) is 4.94. The monoisotopic (exact) mass is 417 g/mol. The van der Waals surface area contributed by atoms with Crippen molar-refractivity contribution in [3.05, 3.63) is 23.8 Å². The standard InChI is InChI=1S/C23H35N3O4/c1-16(2)8-11-25-22(29)26(17(3)4)21(28)23(25)9-12-24(13-10-23)15-18-14-19(30-5)6-7-20(18)27/h6-7,14,16-17,27H,8-13,15H2,1-5H3. The molecule has 1 aromatic carbocycles. The number of methoxy groups -OCH3 is 1. The minimum atomic E-state index is -0.733. The molecule has 1 spiro atoms. The number of nitrogens with zero attached hydrogens (tertiary/aromatic N) is 3. The van der Waals surface area contributed by atoms with Crippen LogP contribution in [0.4, 0.5) is 4.79 Å². The van der Waals surface area contributed by atoms with Crippen molar-refractivity contribution < 1.29 is 19.4 Å². The Labute approximate surface area is 179 Å². The first kappa shape index (κ1) is 22.4. The van der Waals surface area contributed by atoms with Gasteiger partial charge in [-0.3, -0.25) is 14.6 Å². The minimum absolute atomic E-state index is 0.0462. The van der Waals surface area contributed by atoms with Gasteiger partial charge in [0, 0.05) is 37.8 Å². The number of ether oxygens (including phenoxy) is 1. The number of phenolic OH excluding ortho intramolecular Hbond substituents is 1. The van der Waals surface area contributed by atoms with Crippen LogP contribution in [0.3, 0.4) is 0 Å². The second-order valence-electron chi connectivity index (χ2n) is 9.19. The van der Waals surface area contributed by atoms with E-state index in [-0.39, 0.29) is 23.7 Å². The molecule has 2 aliphatic heterocycles. The maximum atomic E-state index is 13.4. The number of carbonyl (C=O) groups is 2. The highest BCUT2D eigenvalue weighted by Gasteiger charge is 2.58. The topological polar surface area (TPSA) is 73.3 Å². The highest BCUT2D eigenvalue weighted by atomic mass is 16.5. The number of likely N-dealkylation sites (tertiary alicyclic amines) is 1. The summed E-state index contributed by atoms with van der Waals surface area (Å²) < 4.78 is 5.27. The van der Waals surface area contributed by atoms with Gasteiger partial charge >= 0.3 is 6.03 Å². The van der Waals surface area contributed by atoms with Crippen LogP contribution in [0.25, 0.3) is 0 Å². The van der Waals surface area contributed by atoms with E-state index in [0.29, 0.717) is 50.7 Å². The Balaban J connectivity index is 1.76. The molecule has 0 saturated carbocycles. The number of piperidine rings is 1. The van der Waals surface area contributed by atoms with E-state index in [1.165, 1.54) is 4.90 Å². The van der Waals surface area contributed by atoms with E-state index in [0.717, 1.165) is 12.0 Å². The lowest BCUT2D eigenvalue weighted by Crippen LogP contribution is -2.56. The zero-order chi connectivity index (χ0) is 22.1. The number of aromatic hydroxyl groups is 1. The van der Waals surface area contributed by atoms with Crippen LogP contribution in [-0.4, -0.2) is 70.1 Å². The highest BCUT2D eigenvalue weighted by molar-refractivity contribution is 6.07. The molecule has 2 saturated heterocycles. The fourth-order valence-corrected chi connectivity index (χ4v) is 4.51. The predicted molar refractivity (Wildman–Crippen MR) is 115 cm³/mol. The third-order valence-electron chi connectivity index (χ3n) is 6.38. The Morgan fingerprint density at radius 3 is 2.37 bits per heavy atom. The number of carbonyl (C=O) groups excluding carboxylic acids is 2. The minimum Gasteiger partial charge on any atom is -0.508 e. The number of hydrogen-bond donors (Lipinski definition) is 1. The lowest BCUT2D eigenvalue weighted by molar-refractivity contribution is -0.136. The number of imide groups is 1. The number of rotatable bonds is 7. The maximum Gasteiger partial charge on any atom is 0.327 e. The highest BCUT2D eigenvalue weighted by Crippen LogP contribution is 2.39. The van der Waals surface area contributed by atoms with Crippen LogP contribution in [0.5, 0.6) is 11.5 Å². The molecule has 2 heterocycles. The number of phenols is 1. The summed E-state index contributed by atoms with van der Waals surface area (Å²) in [4.78, 5) is 32.0. The van der Waals surface area contributed by atoms with Crippen molar-refractivity contribution in [2.75, 3.05) is 26.7 Å². The molecule has 1 aromatic rings. The molecule has 0 bridgehead atoms. The van der Waals surface area contributed by atoms with Gasteiger partial charge in [-0.2, -0.15) is 0 Å². The third kappa shape index (κ3) is 4.13. The van der Waals surface area contributed by atoms with Gasteiger partial charge in [-0.1, -0.05) is 13.8 Å². The Bertz CT molecular complexity index is 785. The first-order valence-corrected chi connectivity index (χ1v) is 10.9. The van der Waals surface area contributed by atoms with Crippen molar-refractivity contribution >= 4 is 11.9 Å². The molecule has 0 radical (unpaired) electrons. The molecule has 0 aliphatic carbocycles. The average molecular weight is 418 g/mol. The fraction of sp³-hybridized carbons (Fsp3) is 0.652. The van der Waals surface area contributed by atoms with Crippen molar-refractivity contribution in [2.24, 2.45) is 5.92 Å².